The minimum absolute atomic E-state index is 0.0249. The van der Waals surface area contributed by atoms with E-state index in [1.165, 1.54) is 0 Å². The first-order valence-electron chi connectivity index (χ1n) is 6.40. The van der Waals surface area contributed by atoms with Gasteiger partial charge in [-0.25, -0.2) is 0 Å². The Balaban J connectivity index is 2.18. The molecule has 5 heteroatoms. The second-order valence-corrected chi connectivity index (χ2v) is 4.90. The number of rotatable bonds is 5. The van der Waals surface area contributed by atoms with Crippen LogP contribution in [0.25, 0.3) is 0 Å². The van der Waals surface area contributed by atoms with Crippen LogP contribution in [0.2, 0.25) is 0 Å². The number of hydrogen-bond donors (Lipinski definition) is 1. The minimum atomic E-state index is -0.587. The van der Waals surface area contributed by atoms with Crippen molar-refractivity contribution in [2.45, 2.75) is 19.4 Å². The summed E-state index contributed by atoms with van der Waals surface area (Å²) in [7, 11) is 3.40. The standard InChI is InChI=1S/C15H18N2O3/c1-9(8-10-6-4-5-7-11(10)20-3)17(2)13-12(16)14(18)15(13)19/h4-7,9H,8,16H2,1-3H3. The molecule has 0 saturated heterocycles. The van der Waals surface area contributed by atoms with Gasteiger partial charge in [0.05, 0.1) is 7.11 Å². The third-order valence-corrected chi connectivity index (χ3v) is 3.64. The molecular weight excluding hydrogens is 256 g/mol. The van der Waals surface area contributed by atoms with Gasteiger partial charge in [0.1, 0.15) is 17.1 Å². The minimum Gasteiger partial charge on any atom is -0.496 e. The Morgan fingerprint density at radius 1 is 1.25 bits per heavy atom. The first-order chi connectivity index (χ1) is 9.47. The molecule has 0 aliphatic rings. The van der Waals surface area contributed by atoms with Crippen molar-refractivity contribution < 1.29 is 4.74 Å². The third-order valence-electron chi connectivity index (χ3n) is 3.64. The van der Waals surface area contributed by atoms with Crippen LogP contribution < -0.4 is 26.2 Å². The summed E-state index contributed by atoms with van der Waals surface area (Å²) in [4.78, 5) is 24.5. The Bertz CT molecular complexity index is 687. The smallest absolute Gasteiger partial charge is 0.253 e. The maximum absolute atomic E-state index is 11.5. The van der Waals surface area contributed by atoms with Crippen molar-refractivity contribution in [3.8, 4) is 5.75 Å². The fraction of sp³-hybridized carbons (Fsp3) is 0.333. The van der Waals surface area contributed by atoms with Gasteiger partial charge in [-0.1, -0.05) is 18.2 Å². The van der Waals surface area contributed by atoms with Crippen LogP contribution in [0.1, 0.15) is 12.5 Å². The quantitative estimate of drug-likeness (QED) is 0.822. The monoisotopic (exact) mass is 274 g/mol. The van der Waals surface area contributed by atoms with Gasteiger partial charge >= 0.3 is 0 Å². The third kappa shape index (κ3) is 2.27. The summed E-state index contributed by atoms with van der Waals surface area (Å²) < 4.78 is 5.31. The lowest BCUT2D eigenvalue weighted by Crippen LogP contribution is -2.44. The van der Waals surface area contributed by atoms with E-state index in [0.717, 1.165) is 11.3 Å². The van der Waals surface area contributed by atoms with E-state index in [9.17, 15) is 9.59 Å². The zero-order chi connectivity index (χ0) is 14.9. The maximum atomic E-state index is 11.5. The highest BCUT2D eigenvalue weighted by Gasteiger charge is 2.24. The van der Waals surface area contributed by atoms with Gasteiger partial charge in [-0.2, -0.15) is 0 Å². The van der Waals surface area contributed by atoms with Gasteiger partial charge in [0.2, 0.25) is 0 Å². The van der Waals surface area contributed by atoms with Gasteiger partial charge in [0.15, 0.2) is 0 Å². The summed E-state index contributed by atoms with van der Waals surface area (Å²) in [6.07, 6.45) is 0.693. The Hall–Kier alpha value is -2.30. The van der Waals surface area contributed by atoms with E-state index in [1.54, 1.807) is 19.1 Å². The van der Waals surface area contributed by atoms with Crippen molar-refractivity contribution in [1.82, 2.24) is 0 Å². The zero-order valence-electron chi connectivity index (χ0n) is 11.8. The molecule has 20 heavy (non-hydrogen) atoms. The van der Waals surface area contributed by atoms with Gasteiger partial charge in [-0.05, 0) is 25.0 Å². The number of benzene rings is 1. The topological polar surface area (TPSA) is 72.6 Å². The highest BCUT2D eigenvalue weighted by molar-refractivity contribution is 5.72. The molecule has 0 aliphatic heterocycles. The van der Waals surface area contributed by atoms with Crippen LogP contribution >= 0.6 is 0 Å². The van der Waals surface area contributed by atoms with Crippen LogP contribution in [0.4, 0.5) is 11.4 Å². The average molecular weight is 274 g/mol. The van der Waals surface area contributed by atoms with Gasteiger partial charge in [0.25, 0.3) is 10.9 Å². The molecule has 0 saturated carbocycles. The van der Waals surface area contributed by atoms with E-state index in [4.69, 9.17) is 10.5 Å². The van der Waals surface area contributed by atoms with E-state index < -0.39 is 10.9 Å². The van der Waals surface area contributed by atoms with E-state index in [1.807, 2.05) is 31.2 Å². The van der Waals surface area contributed by atoms with Crippen molar-refractivity contribution >= 4 is 11.4 Å². The van der Waals surface area contributed by atoms with Gasteiger partial charge in [-0.15, -0.1) is 0 Å². The first kappa shape index (κ1) is 14.1. The summed E-state index contributed by atoms with van der Waals surface area (Å²) in [5, 5.41) is 0. The number of hydrogen-bond acceptors (Lipinski definition) is 5. The van der Waals surface area contributed by atoms with Crippen LogP contribution in [0.5, 0.6) is 5.75 Å². The van der Waals surface area contributed by atoms with E-state index in [2.05, 4.69) is 0 Å². The second-order valence-electron chi connectivity index (χ2n) is 4.90. The van der Waals surface area contributed by atoms with Gasteiger partial charge in [0, 0.05) is 13.1 Å². The Morgan fingerprint density at radius 2 is 1.90 bits per heavy atom. The number of nitrogen functional groups attached to an aromatic ring is 1. The molecule has 0 bridgehead atoms. The molecule has 2 aromatic rings. The Kier molecular flexibility index (Phi) is 3.79. The molecule has 0 heterocycles. The number of para-hydroxylation sites is 1. The van der Waals surface area contributed by atoms with Crippen molar-refractivity contribution in [2.24, 2.45) is 0 Å². The average Bonchev–Trinajstić information content (AvgIpc) is 2.47. The van der Waals surface area contributed by atoms with Crippen LogP contribution in [0.15, 0.2) is 33.9 Å². The lowest BCUT2D eigenvalue weighted by Gasteiger charge is -2.28. The molecule has 2 aromatic carbocycles. The number of methoxy groups -OCH3 is 1. The summed E-state index contributed by atoms with van der Waals surface area (Å²) in [6.45, 7) is 1.97. The maximum Gasteiger partial charge on any atom is 0.253 e. The van der Waals surface area contributed by atoms with Crippen LogP contribution in [-0.4, -0.2) is 20.2 Å². The number of ether oxygens (including phenoxy) is 1. The summed E-state index contributed by atoms with van der Waals surface area (Å²) in [5.74, 6) is 0.811. The van der Waals surface area contributed by atoms with Gasteiger partial charge < -0.3 is 15.4 Å². The molecular formula is C15H18N2O3. The summed E-state index contributed by atoms with van der Waals surface area (Å²) >= 11 is 0. The predicted octanol–water partition coefficient (Wildman–Crippen LogP) is 0.941. The number of nitrogens with two attached hydrogens (primary N) is 1. The molecule has 1 unspecified atom stereocenters. The van der Waals surface area contributed by atoms with Crippen LogP contribution in [0.3, 0.4) is 0 Å². The largest absolute Gasteiger partial charge is 0.496 e. The number of nitrogens with zero attached hydrogens (tertiary/aromatic N) is 1. The van der Waals surface area contributed by atoms with Crippen molar-refractivity contribution in [3.05, 3.63) is 50.3 Å². The lowest BCUT2D eigenvalue weighted by atomic mass is 10.0. The fourth-order valence-electron chi connectivity index (χ4n) is 2.29. The summed E-state index contributed by atoms with van der Waals surface area (Å²) in [5.41, 5.74) is 5.92. The Morgan fingerprint density at radius 3 is 2.50 bits per heavy atom. The number of anilines is 2. The molecule has 0 radical (unpaired) electrons. The van der Waals surface area contributed by atoms with Gasteiger partial charge in [-0.3, -0.25) is 9.59 Å². The second kappa shape index (κ2) is 5.36. The van der Waals surface area contributed by atoms with Crippen LogP contribution in [-0.2, 0) is 6.42 Å². The number of likely N-dealkylation sites (N-methyl/N-ethyl adjacent to an activating group) is 1. The van der Waals surface area contributed by atoms with E-state index in [-0.39, 0.29) is 11.7 Å². The highest BCUT2D eigenvalue weighted by atomic mass is 16.5. The SMILES string of the molecule is COc1ccccc1CC(C)N(C)c1c(N)c(=O)c1=O. The Labute approximate surface area is 117 Å². The molecule has 0 amide bonds. The molecule has 0 spiro atoms. The zero-order valence-corrected chi connectivity index (χ0v) is 11.8. The lowest BCUT2D eigenvalue weighted by molar-refractivity contribution is 0.408. The summed E-state index contributed by atoms with van der Waals surface area (Å²) in [6, 6.07) is 7.75. The normalized spacial score (nSPS) is 12.3. The molecule has 2 N–H and O–H groups in total. The van der Waals surface area contributed by atoms with E-state index >= 15 is 0 Å². The predicted molar refractivity (Wildman–Crippen MR) is 80.3 cm³/mol. The molecule has 5 nitrogen and oxygen atoms in total. The molecule has 106 valence electrons. The first-order valence-corrected chi connectivity index (χ1v) is 6.40. The molecule has 1 atom stereocenters. The van der Waals surface area contributed by atoms with Crippen molar-refractivity contribution in [1.29, 1.82) is 0 Å². The molecule has 2 rings (SSSR count). The molecule has 0 fully saturated rings. The molecule has 0 aromatic heterocycles. The molecule has 0 aliphatic carbocycles. The fourth-order valence-corrected chi connectivity index (χ4v) is 2.29. The van der Waals surface area contributed by atoms with Crippen molar-refractivity contribution in [2.75, 3.05) is 24.8 Å². The van der Waals surface area contributed by atoms with E-state index in [0.29, 0.717) is 12.1 Å². The van der Waals surface area contributed by atoms with Crippen molar-refractivity contribution in [3.63, 3.8) is 0 Å². The van der Waals surface area contributed by atoms with Crippen LogP contribution in [0, 0.1) is 0 Å². The highest BCUT2D eigenvalue weighted by Crippen LogP contribution is 2.23.